The predicted octanol–water partition coefficient (Wildman–Crippen LogP) is 7.98. The van der Waals surface area contributed by atoms with Crippen LogP contribution in [0.5, 0.6) is 0 Å². The van der Waals surface area contributed by atoms with Crippen LogP contribution in [0.3, 0.4) is 0 Å². The van der Waals surface area contributed by atoms with Crippen molar-refractivity contribution in [3.05, 3.63) is 34.9 Å². The van der Waals surface area contributed by atoms with Crippen LogP contribution in [0.2, 0.25) is 5.02 Å². The molecule has 5 saturated carbocycles. The number of ether oxygens (including phenoxy) is 1. The number of allylic oxidation sites excluding steroid dienone is 1. The fourth-order valence-electron chi connectivity index (χ4n) is 13.0. The van der Waals surface area contributed by atoms with Crippen LogP contribution in [0, 0.1) is 50.7 Å². The van der Waals surface area contributed by atoms with E-state index < -0.39 is 12.1 Å². The van der Waals surface area contributed by atoms with Crippen molar-refractivity contribution >= 4 is 23.4 Å². The largest absolute Gasteiger partial charge is 0.457 e. The third kappa shape index (κ3) is 4.93. The number of ketones is 1. The van der Waals surface area contributed by atoms with Crippen molar-refractivity contribution in [1.29, 1.82) is 0 Å². The first-order valence-corrected chi connectivity index (χ1v) is 19.3. The number of hydrogen-bond acceptors (Lipinski definition) is 7. The first-order chi connectivity index (χ1) is 22.5. The minimum absolute atomic E-state index is 0.119. The van der Waals surface area contributed by atoms with Gasteiger partial charge in [0, 0.05) is 30.3 Å². The third-order valence-corrected chi connectivity index (χ3v) is 16.0. The summed E-state index contributed by atoms with van der Waals surface area (Å²) in [6.07, 6.45) is 17.7. The Kier molecular flexibility index (Phi) is 8.36. The van der Waals surface area contributed by atoms with Gasteiger partial charge in [-0.1, -0.05) is 57.9 Å². The van der Waals surface area contributed by atoms with E-state index in [1.807, 2.05) is 13.8 Å². The van der Waals surface area contributed by atoms with Crippen molar-refractivity contribution in [2.75, 3.05) is 6.54 Å². The highest BCUT2D eigenvalue weighted by molar-refractivity contribution is 6.34. The maximum Gasteiger partial charge on any atom is 0.375 e. The van der Waals surface area contributed by atoms with Crippen LogP contribution in [0.15, 0.2) is 24.0 Å². The van der Waals surface area contributed by atoms with Crippen LogP contribution in [0.4, 0.5) is 0 Å². The quantitative estimate of drug-likeness (QED) is 0.163. The number of carbonyl (C=O) groups is 2. The smallest absolute Gasteiger partial charge is 0.375 e. The van der Waals surface area contributed by atoms with Crippen LogP contribution in [-0.2, 0) is 19.9 Å². The monoisotopic (exact) mass is 679 g/mol. The number of aromatic nitrogens is 2. The SMILES string of the molecule is CC(C)OC(=O)C(=O)[C@H]1CC[C@]2(C)[C@H](CC[C@]3(C)[C@@H]2CC[C@@H]2C4=CCC[C@@]4(C(O)CNC4(c5ncc(Cl)cn5)CC4)CC[C@]23C)C1(C)C. The van der Waals surface area contributed by atoms with Crippen LogP contribution in [0.1, 0.15) is 131 Å². The first kappa shape index (κ1) is 34.6. The Labute approximate surface area is 292 Å². The molecule has 8 heteroatoms. The molecule has 6 aliphatic rings. The van der Waals surface area contributed by atoms with Gasteiger partial charge in [-0.25, -0.2) is 14.8 Å². The molecule has 7 nitrogen and oxygen atoms in total. The second kappa shape index (κ2) is 11.6. The Bertz CT molecular complexity index is 1490. The van der Waals surface area contributed by atoms with E-state index >= 15 is 0 Å². The predicted molar refractivity (Wildman–Crippen MR) is 187 cm³/mol. The van der Waals surface area contributed by atoms with Gasteiger partial charge in [0.1, 0.15) is 5.82 Å². The normalized spacial score (nSPS) is 41.2. The summed E-state index contributed by atoms with van der Waals surface area (Å²) in [5.74, 6) is 0.958. The summed E-state index contributed by atoms with van der Waals surface area (Å²) < 4.78 is 5.39. The number of Topliss-reactive ketones (excluding diaryl/α,β-unsaturated/α-hetero) is 1. The van der Waals surface area contributed by atoms with Crippen molar-refractivity contribution < 1.29 is 19.4 Å². The topological polar surface area (TPSA) is 101 Å². The van der Waals surface area contributed by atoms with Crippen molar-refractivity contribution in [2.45, 2.75) is 143 Å². The van der Waals surface area contributed by atoms with Gasteiger partial charge in [0.25, 0.3) is 0 Å². The average molecular weight is 680 g/mol. The van der Waals surface area contributed by atoms with Gasteiger partial charge in [-0.15, -0.1) is 0 Å². The van der Waals surface area contributed by atoms with E-state index in [0.717, 1.165) is 70.0 Å². The molecule has 6 aliphatic carbocycles. The molecule has 1 aromatic rings. The second-order valence-corrected chi connectivity index (χ2v) is 18.8. The molecule has 1 heterocycles. The molecule has 1 unspecified atom stereocenters. The molecule has 0 aliphatic heterocycles. The molecule has 1 aromatic heterocycles. The second-order valence-electron chi connectivity index (χ2n) is 18.4. The number of carbonyl (C=O) groups excluding carboxylic acids is 2. The fourth-order valence-corrected chi connectivity index (χ4v) is 13.1. The lowest BCUT2D eigenvalue weighted by Gasteiger charge is -2.72. The number of rotatable bonds is 8. The van der Waals surface area contributed by atoms with Gasteiger partial charge in [-0.2, -0.15) is 0 Å². The van der Waals surface area contributed by atoms with Gasteiger partial charge in [0.05, 0.1) is 22.8 Å². The lowest BCUT2D eigenvalue weighted by molar-refractivity contribution is -0.223. The first-order valence-electron chi connectivity index (χ1n) is 18.9. The lowest BCUT2D eigenvalue weighted by atomic mass is 9.32. The molecule has 9 atom stereocenters. The number of hydrogen-bond donors (Lipinski definition) is 2. The van der Waals surface area contributed by atoms with E-state index in [1.165, 1.54) is 12.8 Å². The van der Waals surface area contributed by atoms with Gasteiger partial charge in [0.2, 0.25) is 5.78 Å². The van der Waals surface area contributed by atoms with Gasteiger partial charge in [-0.3, -0.25) is 4.79 Å². The van der Waals surface area contributed by atoms with Gasteiger partial charge >= 0.3 is 5.97 Å². The van der Waals surface area contributed by atoms with Crippen LogP contribution < -0.4 is 5.32 Å². The van der Waals surface area contributed by atoms with E-state index in [-0.39, 0.29) is 50.4 Å². The third-order valence-electron chi connectivity index (χ3n) is 15.8. The number of aliphatic hydroxyl groups is 1. The van der Waals surface area contributed by atoms with E-state index in [4.69, 9.17) is 16.3 Å². The van der Waals surface area contributed by atoms with Crippen LogP contribution in [0.25, 0.3) is 0 Å². The van der Waals surface area contributed by atoms with Gasteiger partial charge in [-0.05, 0) is 130 Å². The van der Waals surface area contributed by atoms with Crippen LogP contribution >= 0.6 is 11.6 Å². The number of esters is 1. The molecular weight excluding hydrogens is 622 g/mol. The summed E-state index contributed by atoms with van der Waals surface area (Å²) in [7, 11) is 0. The molecule has 48 heavy (non-hydrogen) atoms. The molecule has 7 rings (SSSR count). The summed E-state index contributed by atoms with van der Waals surface area (Å²) in [6, 6.07) is 0. The summed E-state index contributed by atoms with van der Waals surface area (Å²) >= 11 is 6.07. The maximum absolute atomic E-state index is 13.5. The molecular formula is C40H58ClN3O4. The van der Waals surface area contributed by atoms with Crippen molar-refractivity contribution in [3.63, 3.8) is 0 Å². The summed E-state index contributed by atoms with van der Waals surface area (Å²) in [5.41, 5.74) is 1.32. The molecule has 0 aromatic carbocycles. The van der Waals surface area contributed by atoms with E-state index in [1.54, 1.807) is 18.0 Å². The zero-order valence-corrected chi connectivity index (χ0v) is 31.1. The summed E-state index contributed by atoms with van der Waals surface area (Å²) in [6.45, 7) is 16.4. The number of aliphatic hydroxyl groups excluding tert-OH is 1. The molecule has 0 amide bonds. The number of nitrogens with zero attached hydrogens (tertiary/aromatic N) is 2. The van der Waals surface area contributed by atoms with Gasteiger partial charge in [0.15, 0.2) is 0 Å². The highest BCUT2D eigenvalue weighted by Crippen LogP contribution is 2.77. The summed E-state index contributed by atoms with van der Waals surface area (Å²) in [5, 5.41) is 16.3. The molecule has 2 N–H and O–H groups in total. The molecule has 0 bridgehead atoms. The molecule has 0 radical (unpaired) electrons. The number of nitrogens with one attached hydrogen (secondary N) is 1. The number of halogens is 1. The van der Waals surface area contributed by atoms with Gasteiger partial charge < -0.3 is 15.2 Å². The molecule has 5 fully saturated rings. The Morgan fingerprint density at radius 2 is 1.62 bits per heavy atom. The van der Waals surface area contributed by atoms with Crippen LogP contribution in [-0.4, -0.2) is 45.6 Å². The number of fused-ring (bicyclic) bond motifs is 7. The van der Waals surface area contributed by atoms with Crippen molar-refractivity contribution in [3.8, 4) is 0 Å². The Morgan fingerprint density at radius 1 is 0.917 bits per heavy atom. The van der Waals surface area contributed by atoms with E-state index in [0.29, 0.717) is 29.3 Å². The average Bonchev–Trinajstić information content (AvgIpc) is 3.68. The molecule has 0 saturated heterocycles. The highest BCUT2D eigenvalue weighted by Gasteiger charge is 2.70. The zero-order chi connectivity index (χ0) is 34.5. The Morgan fingerprint density at radius 3 is 2.29 bits per heavy atom. The van der Waals surface area contributed by atoms with Crippen molar-refractivity contribution in [2.24, 2.45) is 50.7 Å². The lowest BCUT2D eigenvalue weighted by Crippen LogP contribution is -2.66. The molecule has 264 valence electrons. The Balaban J connectivity index is 1.10. The summed E-state index contributed by atoms with van der Waals surface area (Å²) in [4.78, 5) is 35.3. The fraction of sp³-hybridized carbons (Fsp3) is 0.800. The van der Waals surface area contributed by atoms with E-state index in [9.17, 15) is 14.7 Å². The maximum atomic E-state index is 13.5. The Hall–Kier alpha value is -1.83. The standard InChI is InChI=1S/C40H58ClN3O4/c1-24(2)48-33(47)32(46)28-12-15-36(5)29(35(28,3)4)13-16-38(7)30(36)11-10-26-27-9-8-14-39(27,18-17-37(26,38)6)31(45)23-44-40(19-20-40)34-42-21-25(41)22-43-34/h9,21-22,24,26,28-31,44-45H,8,10-20,23H2,1-7H3/t26-,28-,29-,30-,31?,36-,37-,38-,39-/m1/s1. The van der Waals surface area contributed by atoms with Crippen molar-refractivity contribution in [1.82, 2.24) is 15.3 Å². The highest BCUT2D eigenvalue weighted by atomic mass is 35.5. The zero-order valence-electron chi connectivity index (χ0n) is 30.3. The minimum Gasteiger partial charge on any atom is -0.457 e. The van der Waals surface area contributed by atoms with E-state index in [2.05, 4.69) is 56.0 Å². The minimum atomic E-state index is -0.654. The molecule has 0 spiro atoms.